The standard InChI is InChI=1S/C13H17BrFNO3/c1-9(17)3-2-6-16-13(18)8-19-12-5-4-10(15)7-11(12)14/h4-5,7,9,17H,2-3,6,8H2,1H3,(H,16,18). The normalized spacial score (nSPS) is 12.0. The maximum Gasteiger partial charge on any atom is 0.257 e. The van der Waals surface area contributed by atoms with Crippen molar-refractivity contribution < 1.29 is 19.0 Å². The highest BCUT2D eigenvalue weighted by molar-refractivity contribution is 9.10. The Morgan fingerprint density at radius 1 is 1.58 bits per heavy atom. The van der Waals surface area contributed by atoms with Crippen molar-refractivity contribution in [2.24, 2.45) is 0 Å². The number of rotatable bonds is 7. The van der Waals surface area contributed by atoms with Crippen LogP contribution < -0.4 is 10.1 Å². The second-order valence-electron chi connectivity index (χ2n) is 4.20. The van der Waals surface area contributed by atoms with E-state index in [1.807, 2.05) is 0 Å². The van der Waals surface area contributed by atoms with Gasteiger partial charge in [0.2, 0.25) is 0 Å². The molecule has 0 spiro atoms. The van der Waals surface area contributed by atoms with Crippen LogP contribution in [0, 0.1) is 5.82 Å². The molecule has 1 unspecified atom stereocenters. The molecule has 0 saturated heterocycles. The van der Waals surface area contributed by atoms with Gasteiger partial charge in [0.15, 0.2) is 6.61 Å². The molecule has 4 nitrogen and oxygen atoms in total. The fraction of sp³-hybridized carbons (Fsp3) is 0.462. The summed E-state index contributed by atoms with van der Waals surface area (Å²) in [5.41, 5.74) is 0. The van der Waals surface area contributed by atoms with E-state index in [1.54, 1.807) is 6.92 Å². The van der Waals surface area contributed by atoms with Crippen LogP contribution in [0.15, 0.2) is 22.7 Å². The van der Waals surface area contributed by atoms with Crippen LogP contribution in [-0.2, 0) is 4.79 Å². The Hall–Kier alpha value is -1.14. The van der Waals surface area contributed by atoms with Gasteiger partial charge in [-0.25, -0.2) is 4.39 Å². The molecule has 1 amide bonds. The fourth-order valence-electron chi connectivity index (χ4n) is 1.41. The second-order valence-corrected chi connectivity index (χ2v) is 5.06. The number of benzene rings is 1. The fourth-order valence-corrected chi connectivity index (χ4v) is 1.88. The molecule has 0 bridgehead atoms. The summed E-state index contributed by atoms with van der Waals surface area (Å²) in [5.74, 6) is -0.204. The minimum Gasteiger partial charge on any atom is -0.483 e. The van der Waals surface area contributed by atoms with E-state index in [2.05, 4.69) is 21.2 Å². The number of aliphatic hydroxyl groups excluding tert-OH is 1. The van der Waals surface area contributed by atoms with Crippen molar-refractivity contribution in [1.82, 2.24) is 5.32 Å². The van der Waals surface area contributed by atoms with Gasteiger partial charge in [-0.1, -0.05) is 0 Å². The first-order valence-electron chi connectivity index (χ1n) is 6.01. The van der Waals surface area contributed by atoms with E-state index in [4.69, 9.17) is 9.84 Å². The number of carbonyl (C=O) groups is 1. The van der Waals surface area contributed by atoms with E-state index in [0.717, 1.165) is 0 Å². The van der Waals surface area contributed by atoms with Crippen molar-refractivity contribution in [3.8, 4) is 5.75 Å². The molecule has 0 aromatic heterocycles. The summed E-state index contributed by atoms with van der Waals surface area (Å²) in [6.07, 6.45) is 0.997. The minimum absolute atomic E-state index is 0.126. The largest absolute Gasteiger partial charge is 0.483 e. The van der Waals surface area contributed by atoms with Crippen LogP contribution in [0.25, 0.3) is 0 Å². The van der Waals surface area contributed by atoms with E-state index in [-0.39, 0.29) is 24.4 Å². The van der Waals surface area contributed by atoms with Crippen molar-refractivity contribution in [2.75, 3.05) is 13.2 Å². The lowest BCUT2D eigenvalue weighted by molar-refractivity contribution is -0.123. The Kier molecular flexibility index (Phi) is 6.80. The van der Waals surface area contributed by atoms with Gasteiger partial charge in [-0.15, -0.1) is 0 Å². The van der Waals surface area contributed by atoms with Crippen LogP contribution in [0.3, 0.4) is 0 Å². The summed E-state index contributed by atoms with van der Waals surface area (Å²) < 4.78 is 18.6. The molecule has 1 aromatic rings. The van der Waals surface area contributed by atoms with Gasteiger partial charge in [0.1, 0.15) is 11.6 Å². The van der Waals surface area contributed by atoms with Gasteiger partial charge in [-0.05, 0) is 53.9 Å². The van der Waals surface area contributed by atoms with Crippen molar-refractivity contribution in [1.29, 1.82) is 0 Å². The third kappa shape index (κ3) is 6.54. The first kappa shape index (κ1) is 15.9. The molecule has 0 aliphatic carbocycles. The first-order valence-corrected chi connectivity index (χ1v) is 6.81. The van der Waals surface area contributed by atoms with E-state index in [9.17, 15) is 9.18 Å². The molecule has 19 heavy (non-hydrogen) atoms. The third-order valence-corrected chi connectivity index (χ3v) is 2.99. The Balaban J connectivity index is 2.26. The van der Waals surface area contributed by atoms with Gasteiger partial charge in [0.05, 0.1) is 10.6 Å². The minimum atomic E-state index is -0.373. The predicted molar refractivity (Wildman–Crippen MR) is 73.5 cm³/mol. The summed E-state index contributed by atoms with van der Waals surface area (Å²) in [4.78, 5) is 11.5. The topological polar surface area (TPSA) is 58.6 Å². The zero-order valence-corrected chi connectivity index (χ0v) is 12.2. The average molecular weight is 334 g/mol. The van der Waals surface area contributed by atoms with Crippen molar-refractivity contribution in [3.63, 3.8) is 0 Å². The second kappa shape index (κ2) is 8.12. The van der Waals surface area contributed by atoms with Crippen LogP contribution in [0.1, 0.15) is 19.8 Å². The van der Waals surface area contributed by atoms with Crippen molar-refractivity contribution in [3.05, 3.63) is 28.5 Å². The van der Waals surface area contributed by atoms with Crippen LogP contribution in [0.5, 0.6) is 5.75 Å². The molecule has 1 aromatic carbocycles. The van der Waals surface area contributed by atoms with Crippen LogP contribution in [0.4, 0.5) is 4.39 Å². The number of halogens is 2. The van der Waals surface area contributed by atoms with Gasteiger partial charge in [-0.3, -0.25) is 4.79 Å². The smallest absolute Gasteiger partial charge is 0.257 e. The highest BCUT2D eigenvalue weighted by Gasteiger charge is 2.06. The summed E-state index contributed by atoms with van der Waals surface area (Å²) >= 11 is 3.15. The summed E-state index contributed by atoms with van der Waals surface area (Å²) in [7, 11) is 0. The Morgan fingerprint density at radius 3 is 2.95 bits per heavy atom. The zero-order chi connectivity index (χ0) is 14.3. The van der Waals surface area contributed by atoms with E-state index >= 15 is 0 Å². The lowest BCUT2D eigenvalue weighted by Crippen LogP contribution is -2.30. The number of amides is 1. The van der Waals surface area contributed by atoms with Gasteiger partial charge in [-0.2, -0.15) is 0 Å². The summed E-state index contributed by atoms with van der Waals surface area (Å²) in [6, 6.07) is 4.00. The summed E-state index contributed by atoms with van der Waals surface area (Å²) in [6.45, 7) is 2.08. The average Bonchev–Trinajstić information content (AvgIpc) is 2.33. The Labute approximate surface area is 120 Å². The SMILES string of the molecule is CC(O)CCCNC(=O)COc1ccc(F)cc1Br. The van der Waals surface area contributed by atoms with Crippen LogP contribution in [-0.4, -0.2) is 30.3 Å². The van der Waals surface area contributed by atoms with E-state index in [0.29, 0.717) is 29.6 Å². The van der Waals surface area contributed by atoms with Gasteiger partial charge < -0.3 is 15.2 Å². The molecule has 1 atom stereocenters. The first-order chi connectivity index (χ1) is 8.99. The quantitative estimate of drug-likeness (QED) is 0.752. The van der Waals surface area contributed by atoms with Gasteiger partial charge >= 0.3 is 0 Å². The number of hydrogen-bond acceptors (Lipinski definition) is 3. The number of ether oxygens (including phenoxy) is 1. The van der Waals surface area contributed by atoms with Crippen molar-refractivity contribution in [2.45, 2.75) is 25.9 Å². The molecule has 2 N–H and O–H groups in total. The van der Waals surface area contributed by atoms with Crippen LogP contribution >= 0.6 is 15.9 Å². The van der Waals surface area contributed by atoms with Gasteiger partial charge in [0.25, 0.3) is 5.91 Å². The molecule has 1 rings (SSSR count). The number of carbonyl (C=O) groups excluding carboxylic acids is 1. The molecule has 0 saturated carbocycles. The highest BCUT2D eigenvalue weighted by Crippen LogP contribution is 2.25. The molecule has 0 radical (unpaired) electrons. The Morgan fingerprint density at radius 2 is 2.32 bits per heavy atom. The molecular weight excluding hydrogens is 317 g/mol. The molecule has 106 valence electrons. The maximum absolute atomic E-state index is 12.8. The lowest BCUT2D eigenvalue weighted by Gasteiger charge is -2.09. The summed E-state index contributed by atoms with van der Waals surface area (Å²) in [5, 5.41) is 11.7. The zero-order valence-electron chi connectivity index (χ0n) is 10.7. The Bertz CT molecular complexity index is 426. The maximum atomic E-state index is 12.8. The molecule has 0 heterocycles. The number of hydrogen-bond donors (Lipinski definition) is 2. The molecule has 6 heteroatoms. The third-order valence-electron chi connectivity index (χ3n) is 2.37. The van der Waals surface area contributed by atoms with Crippen molar-refractivity contribution >= 4 is 21.8 Å². The lowest BCUT2D eigenvalue weighted by atomic mass is 10.2. The highest BCUT2D eigenvalue weighted by atomic mass is 79.9. The van der Waals surface area contributed by atoms with Gasteiger partial charge in [0, 0.05) is 6.54 Å². The molecule has 0 fully saturated rings. The monoisotopic (exact) mass is 333 g/mol. The number of aliphatic hydroxyl groups is 1. The van der Waals surface area contributed by atoms with E-state index in [1.165, 1.54) is 18.2 Å². The molecular formula is C13H17BrFNO3. The molecule has 0 aliphatic rings. The predicted octanol–water partition coefficient (Wildman–Crippen LogP) is 2.24. The molecule has 0 aliphatic heterocycles. The van der Waals surface area contributed by atoms with E-state index < -0.39 is 0 Å². The number of nitrogens with one attached hydrogen (secondary N) is 1. The van der Waals surface area contributed by atoms with Crippen LogP contribution in [0.2, 0.25) is 0 Å².